The molecule has 2 saturated heterocycles. The molecule has 2 N–H and O–H groups in total. The summed E-state index contributed by atoms with van der Waals surface area (Å²) in [4.78, 5) is 22.8. The average molecular weight is 588 g/mol. The van der Waals surface area contributed by atoms with Crippen molar-refractivity contribution in [2.75, 3.05) is 39.9 Å². The summed E-state index contributed by atoms with van der Waals surface area (Å²) >= 11 is 0. The molecule has 1 atom stereocenters. The topological polar surface area (TPSA) is 129 Å². The highest BCUT2D eigenvalue weighted by Gasteiger charge is 2.48. The van der Waals surface area contributed by atoms with Crippen LogP contribution in [-0.2, 0) is 27.4 Å². The van der Waals surface area contributed by atoms with Crippen molar-refractivity contribution in [1.29, 1.82) is 0 Å². The van der Waals surface area contributed by atoms with Gasteiger partial charge < -0.3 is 23.9 Å². The smallest absolute Gasteiger partial charge is 0.475 e. The summed E-state index contributed by atoms with van der Waals surface area (Å²) in [6, 6.07) is 6.08. The minimum absolute atomic E-state index is 0.360. The van der Waals surface area contributed by atoms with Crippen LogP contribution in [0.3, 0.4) is 0 Å². The van der Waals surface area contributed by atoms with Crippen molar-refractivity contribution in [2.24, 2.45) is 11.3 Å². The molecule has 2 aromatic heterocycles. The quantitative estimate of drug-likeness (QED) is 0.475. The predicted octanol–water partition coefficient (Wildman–Crippen LogP) is 4.20. The Kier molecular flexibility index (Phi) is 11.6. The number of hydrogen-bond acceptors (Lipinski definition) is 8. The van der Waals surface area contributed by atoms with Crippen LogP contribution in [0.2, 0.25) is 0 Å². The molecule has 0 saturated carbocycles. The Labute approximate surface area is 225 Å². The molecule has 40 heavy (non-hydrogen) atoms. The van der Waals surface area contributed by atoms with Crippen molar-refractivity contribution in [2.45, 2.75) is 45.2 Å². The second kappa shape index (κ2) is 14.0. The van der Waals surface area contributed by atoms with Crippen LogP contribution in [-0.4, -0.2) is 89.4 Å². The molecule has 2 fully saturated rings. The summed E-state index contributed by atoms with van der Waals surface area (Å²) in [6.07, 6.45) is -5.98. The van der Waals surface area contributed by atoms with E-state index in [1.54, 1.807) is 6.26 Å². The van der Waals surface area contributed by atoms with Crippen LogP contribution in [0.15, 0.2) is 33.4 Å². The Balaban J connectivity index is 0.000000333. The molecule has 0 radical (unpaired) electrons. The number of furan rings is 1. The fourth-order valence-corrected chi connectivity index (χ4v) is 4.76. The van der Waals surface area contributed by atoms with Gasteiger partial charge in [0.2, 0.25) is 0 Å². The molecular weight excluding hydrogens is 556 g/mol. The fraction of sp³-hybridized carbons (Fsp3) is 0.625. The largest absolute Gasteiger partial charge is 0.490 e. The molecule has 1 unspecified atom stereocenters. The first-order valence-electron chi connectivity index (χ1n) is 12.0. The van der Waals surface area contributed by atoms with Crippen LogP contribution in [0.4, 0.5) is 26.3 Å². The number of carboxylic acid groups (broad SMARTS) is 2. The van der Waals surface area contributed by atoms with E-state index in [1.807, 2.05) is 26.2 Å². The Hall–Kier alpha value is -3.11. The Morgan fingerprint density at radius 2 is 1.65 bits per heavy atom. The zero-order valence-corrected chi connectivity index (χ0v) is 21.8. The number of rotatable bonds is 6. The molecule has 4 rings (SSSR count). The summed E-state index contributed by atoms with van der Waals surface area (Å²) in [5, 5.41) is 18.4. The highest BCUT2D eigenvalue weighted by Crippen LogP contribution is 2.45. The molecule has 2 aliphatic rings. The number of aliphatic carboxylic acids is 2. The standard InChI is InChI=1S/C20H29N3O3.2C2HF3O2/c1-16-10-18(21-26-16)12-22-7-5-20(6-8-22)15-23(11-17(20)14-24-2)13-19-4-3-9-25-19;2*3-2(4,5)1(6)7/h3-4,9-10,17H,5-8,11-15H2,1-2H3;2*(H,6,7). The number of likely N-dealkylation sites (tertiary alicyclic amines) is 2. The number of hydrogen-bond donors (Lipinski definition) is 2. The van der Waals surface area contributed by atoms with Crippen molar-refractivity contribution >= 4 is 11.9 Å². The van der Waals surface area contributed by atoms with E-state index in [4.69, 9.17) is 33.5 Å². The number of carbonyl (C=O) groups is 2. The number of ether oxygens (including phenoxy) is 1. The first-order valence-corrected chi connectivity index (χ1v) is 12.0. The summed E-state index contributed by atoms with van der Waals surface area (Å²) in [5.74, 6) is -2.98. The van der Waals surface area contributed by atoms with E-state index >= 15 is 0 Å². The minimum atomic E-state index is -5.08. The number of alkyl halides is 6. The number of halogens is 6. The number of aromatic nitrogens is 1. The van der Waals surface area contributed by atoms with E-state index in [0.717, 1.165) is 63.1 Å². The maximum Gasteiger partial charge on any atom is 0.490 e. The minimum Gasteiger partial charge on any atom is -0.475 e. The van der Waals surface area contributed by atoms with Crippen LogP contribution in [0, 0.1) is 18.3 Å². The number of methoxy groups -OCH3 is 1. The summed E-state index contributed by atoms with van der Waals surface area (Å²) in [7, 11) is 1.82. The van der Waals surface area contributed by atoms with Crippen LogP contribution < -0.4 is 0 Å². The third-order valence-corrected chi connectivity index (χ3v) is 6.61. The Morgan fingerprint density at radius 1 is 1.07 bits per heavy atom. The first kappa shape index (κ1) is 33.1. The Bertz CT molecular complexity index is 1040. The highest BCUT2D eigenvalue weighted by atomic mass is 19.4. The van der Waals surface area contributed by atoms with Gasteiger partial charge in [-0.25, -0.2) is 9.59 Å². The molecule has 0 aromatic carbocycles. The van der Waals surface area contributed by atoms with Gasteiger partial charge in [0.25, 0.3) is 0 Å². The number of piperidine rings is 1. The third-order valence-electron chi connectivity index (χ3n) is 6.61. The molecule has 226 valence electrons. The van der Waals surface area contributed by atoms with Gasteiger partial charge in [-0.1, -0.05) is 5.16 Å². The van der Waals surface area contributed by atoms with Crippen LogP contribution in [0.5, 0.6) is 0 Å². The predicted molar refractivity (Wildman–Crippen MR) is 125 cm³/mol. The first-order chi connectivity index (χ1) is 18.6. The highest BCUT2D eigenvalue weighted by molar-refractivity contribution is 5.73. The van der Waals surface area contributed by atoms with E-state index in [9.17, 15) is 26.3 Å². The molecule has 0 bridgehead atoms. The molecule has 4 heterocycles. The van der Waals surface area contributed by atoms with E-state index in [-0.39, 0.29) is 0 Å². The van der Waals surface area contributed by atoms with Crippen LogP contribution in [0.1, 0.15) is 30.1 Å². The molecule has 0 aliphatic carbocycles. The van der Waals surface area contributed by atoms with Gasteiger partial charge in [-0.3, -0.25) is 9.80 Å². The number of aryl methyl sites for hydroxylation is 1. The molecular formula is C24H31F6N3O7. The van der Waals surface area contributed by atoms with Gasteiger partial charge in [-0.15, -0.1) is 0 Å². The van der Waals surface area contributed by atoms with Gasteiger partial charge in [0.1, 0.15) is 11.5 Å². The van der Waals surface area contributed by atoms with Crippen LogP contribution >= 0.6 is 0 Å². The van der Waals surface area contributed by atoms with E-state index < -0.39 is 24.3 Å². The van der Waals surface area contributed by atoms with Gasteiger partial charge in [-0.2, -0.15) is 26.3 Å². The second-order valence-corrected chi connectivity index (χ2v) is 9.57. The summed E-state index contributed by atoms with van der Waals surface area (Å²) in [5.41, 5.74) is 1.40. The summed E-state index contributed by atoms with van der Waals surface area (Å²) < 4.78 is 79.8. The van der Waals surface area contributed by atoms with E-state index in [1.165, 1.54) is 12.8 Å². The number of nitrogens with zero attached hydrogens (tertiary/aromatic N) is 3. The van der Waals surface area contributed by atoms with E-state index in [2.05, 4.69) is 21.0 Å². The van der Waals surface area contributed by atoms with Crippen molar-refractivity contribution < 1.29 is 59.8 Å². The Morgan fingerprint density at radius 3 is 2.08 bits per heavy atom. The summed E-state index contributed by atoms with van der Waals surface area (Å²) in [6.45, 7) is 9.03. The normalized spacial score (nSPS) is 19.4. The average Bonchev–Trinajstić information content (AvgIpc) is 3.58. The van der Waals surface area contributed by atoms with Gasteiger partial charge in [0, 0.05) is 38.7 Å². The molecule has 2 aromatic rings. The van der Waals surface area contributed by atoms with Crippen molar-refractivity contribution in [1.82, 2.24) is 15.0 Å². The van der Waals surface area contributed by atoms with Crippen molar-refractivity contribution in [3.63, 3.8) is 0 Å². The maximum atomic E-state index is 10.6. The molecule has 0 amide bonds. The van der Waals surface area contributed by atoms with Crippen molar-refractivity contribution in [3.05, 3.63) is 41.7 Å². The lowest BCUT2D eigenvalue weighted by Gasteiger charge is -2.42. The maximum absolute atomic E-state index is 10.6. The van der Waals surface area contributed by atoms with Gasteiger partial charge >= 0.3 is 24.3 Å². The monoisotopic (exact) mass is 587 g/mol. The molecule has 10 nitrogen and oxygen atoms in total. The van der Waals surface area contributed by atoms with Gasteiger partial charge in [-0.05, 0) is 50.4 Å². The van der Waals surface area contributed by atoms with E-state index in [0.29, 0.717) is 11.3 Å². The number of carboxylic acids is 2. The lowest BCUT2D eigenvalue weighted by atomic mass is 9.71. The lowest BCUT2D eigenvalue weighted by molar-refractivity contribution is -0.193. The van der Waals surface area contributed by atoms with Gasteiger partial charge in [0.15, 0.2) is 0 Å². The second-order valence-electron chi connectivity index (χ2n) is 9.57. The molecule has 1 spiro atoms. The van der Waals surface area contributed by atoms with Crippen molar-refractivity contribution in [3.8, 4) is 0 Å². The lowest BCUT2D eigenvalue weighted by Crippen LogP contribution is -2.44. The fourth-order valence-electron chi connectivity index (χ4n) is 4.76. The zero-order valence-electron chi connectivity index (χ0n) is 21.8. The van der Waals surface area contributed by atoms with Crippen LogP contribution in [0.25, 0.3) is 0 Å². The molecule has 2 aliphatic heterocycles. The SMILES string of the molecule is COCC1CN(Cc2ccco2)CC12CCN(Cc1cc(C)on1)CC2.O=C(O)C(F)(F)F.O=C(O)C(F)(F)F. The third kappa shape index (κ3) is 10.1. The van der Waals surface area contributed by atoms with Gasteiger partial charge in [0.05, 0.1) is 25.1 Å². The zero-order chi connectivity index (χ0) is 30.1. The molecule has 16 heteroatoms.